The van der Waals surface area contributed by atoms with Crippen molar-refractivity contribution >= 4 is 17.8 Å². The van der Waals surface area contributed by atoms with Crippen molar-refractivity contribution in [1.82, 2.24) is 20.1 Å². The number of carbonyl (C=O) groups excluding carboxylic acids is 1. The van der Waals surface area contributed by atoms with Crippen LogP contribution in [-0.4, -0.2) is 37.9 Å². The number of carboxylic acid groups (broad SMARTS) is 1. The lowest BCUT2D eigenvalue weighted by molar-refractivity contribution is -0.118. The summed E-state index contributed by atoms with van der Waals surface area (Å²) in [5.74, 6) is -2.38. The third kappa shape index (κ3) is 4.96. The van der Waals surface area contributed by atoms with Gasteiger partial charge in [-0.25, -0.2) is 18.3 Å². The van der Waals surface area contributed by atoms with Gasteiger partial charge in [-0.1, -0.05) is 6.07 Å². The van der Waals surface area contributed by atoms with Crippen molar-refractivity contribution in [3.05, 3.63) is 66.0 Å². The molecule has 0 spiro atoms. The molecule has 1 atom stereocenters. The minimum atomic E-state index is -1.42. The molecule has 156 valence electrons. The largest absolute Gasteiger partial charge is 0.465 e. The summed E-state index contributed by atoms with van der Waals surface area (Å²) in [6.07, 6.45) is 1.66. The van der Waals surface area contributed by atoms with Gasteiger partial charge in [0.25, 0.3) is 0 Å². The lowest BCUT2D eigenvalue weighted by Crippen LogP contribution is -2.45. The number of anilines is 1. The van der Waals surface area contributed by atoms with Crippen molar-refractivity contribution in [3.63, 3.8) is 0 Å². The van der Waals surface area contributed by atoms with Crippen molar-refractivity contribution in [2.45, 2.75) is 25.9 Å². The van der Waals surface area contributed by atoms with E-state index in [0.29, 0.717) is 18.1 Å². The maximum Gasteiger partial charge on any atom is 0.405 e. The van der Waals surface area contributed by atoms with Crippen LogP contribution in [0, 0.1) is 11.6 Å². The Morgan fingerprint density at radius 3 is 2.50 bits per heavy atom. The van der Waals surface area contributed by atoms with E-state index in [1.165, 1.54) is 6.07 Å². The van der Waals surface area contributed by atoms with E-state index in [1.807, 2.05) is 6.92 Å². The summed E-state index contributed by atoms with van der Waals surface area (Å²) in [4.78, 5) is 27.9. The molecule has 1 aromatic carbocycles. The van der Waals surface area contributed by atoms with E-state index in [1.54, 1.807) is 35.3 Å². The molecule has 0 fully saturated rings. The van der Waals surface area contributed by atoms with Crippen LogP contribution in [0.4, 0.5) is 19.4 Å². The molecule has 8 nitrogen and oxygen atoms in total. The number of hydrogen-bond donors (Lipinski definition) is 3. The predicted octanol–water partition coefficient (Wildman–Crippen LogP) is 3.06. The first-order valence-electron chi connectivity index (χ1n) is 9.10. The second kappa shape index (κ2) is 9.12. The van der Waals surface area contributed by atoms with Crippen LogP contribution in [0.1, 0.15) is 12.5 Å². The van der Waals surface area contributed by atoms with E-state index in [2.05, 4.69) is 20.7 Å². The number of nitrogens with zero attached hydrogens (tertiary/aromatic N) is 3. The molecule has 0 saturated carbocycles. The Balaban J connectivity index is 1.82. The predicted molar refractivity (Wildman–Crippen MR) is 105 cm³/mol. The van der Waals surface area contributed by atoms with E-state index in [-0.39, 0.29) is 12.0 Å². The van der Waals surface area contributed by atoms with Gasteiger partial charge in [0.2, 0.25) is 5.91 Å². The van der Waals surface area contributed by atoms with Gasteiger partial charge in [0.1, 0.15) is 11.9 Å². The normalized spacial score (nSPS) is 11.7. The average molecular weight is 415 g/mol. The molecule has 3 aromatic rings. The number of benzene rings is 1. The molecule has 10 heteroatoms. The van der Waals surface area contributed by atoms with Crippen molar-refractivity contribution in [2.24, 2.45) is 0 Å². The van der Waals surface area contributed by atoms with Crippen molar-refractivity contribution < 1.29 is 23.5 Å². The Hall–Kier alpha value is -3.82. The van der Waals surface area contributed by atoms with E-state index < -0.39 is 29.7 Å². The summed E-state index contributed by atoms with van der Waals surface area (Å²) < 4.78 is 28.2. The first-order chi connectivity index (χ1) is 14.4. The highest BCUT2D eigenvalue weighted by molar-refractivity contribution is 5.96. The number of pyridine rings is 1. The van der Waals surface area contributed by atoms with Crippen LogP contribution in [0.15, 0.2) is 48.8 Å². The van der Waals surface area contributed by atoms with Crippen LogP contribution in [0.25, 0.3) is 11.3 Å². The Morgan fingerprint density at radius 1 is 1.13 bits per heavy atom. The highest BCUT2D eigenvalue weighted by Crippen LogP contribution is 2.22. The molecule has 30 heavy (non-hydrogen) atoms. The number of hydrogen-bond acceptors (Lipinski definition) is 4. The number of aromatic nitrogens is 3. The lowest BCUT2D eigenvalue weighted by atomic mass is 10.0. The van der Waals surface area contributed by atoms with Crippen molar-refractivity contribution in [3.8, 4) is 11.3 Å². The van der Waals surface area contributed by atoms with Gasteiger partial charge in [-0.05, 0) is 36.8 Å². The van der Waals surface area contributed by atoms with Gasteiger partial charge < -0.3 is 15.7 Å². The minimum absolute atomic E-state index is 0.160. The Morgan fingerprint density at radius 2 is 1.87 bits per heavy atom. The van der Waals surface area contributed by atoms with Gasteiger partial charge in [-0.15, -0.1) is 0 Å². The van der Waals surface area contributed by atoms with Gasteiger partial charge in [-0.2, -0.15) is 5.10 Å². The summed E-state index contributed by atoms with van der Waals surface area (Å²) >= 11 is 0. The van der Waals surface area contributed by atoms with Gasteiger partial charge in [0, 0.05) is 37.0 Å². The second-order valence-corrected chi connectivity index (χ2v) is 6.41. The fraction of sp³-hybridized carbons (Fsp3) is 0.200. The zero-order chi connectivity index (χ0) is 21.7. The third-order valence-corrected chi connectivity index (χ3v) is 4.34. The van der Waals surface area contributed by atoms with E-state index in [0.717, 1.165) is 17.7 Å². The lowest BCUT2D eigenvalue weighted by Gasteiger charge is -2.17. The second-order valence-electron chi connectivity index (χ2n) is 6.41. The zero-order valence-electron chi connectivity index (χ0n) is 16.0. The monoisotopic (exact) mass is 415 g/mol. The quantitative estimate of drug-likeness (QED) is 0.550. The smallest absolute Gasteiger partial charge is 0.405 e. The van der Waals surface area contributed by atoms with Gasteiger partial charge in [-0.3, -0.25) is 9.78 Å². The van der Waals surface area contributed by atoms with Crippen LogP contribution in [-0.2, 0) is 17.8 Å². The maximum atomic E-state index is 13.5. The van der Waals surface area contributed by atoms with Crippen LogP contribution in [0.2, 0.25) is 0 Å². The topological polar surface area (TPSA) is 109 Å². The van der Waals surface area contributed by atoms with E-state index in [9.17, 15) is 18.4 Å². The molecular formula is C20H19F2N5O3. The molecule has 0 saturated heterocycles. The molecule has 3 N–H and O–H groups in total. The maximum absolute atomic E-state index is 13.5. The highest BCUT2D eigenvalue weighted by atomic mass is 19.2. The average Bonchev–Trinajstić information content (AvgIpc) is 3.13. The summed E-state index contributed by atoms with van der Waals surface area (Å²) in [6, 6.07) is 7.12. The summed E-state index contributed by atoms with van der Waals surface area (Å²) in [7, 11) is 0. The molecule has 2 aromatic heterocycles. The summed E-state index contributed by atoms with van der Waals surface area (Å²) in [6.45, 7) is 2.30. The molecule has 3 rings (SSSR count). The van der Waals surface area contributed by atoms with Gasteiger partial charge >= 0.3 is 6.09 Å². The molecule has 0 radical (unpaired) electrons. The SMILES string of the molecule is CCn1nc(-c2ccncc2)cc1NC(=O)[C@H](Cc1ccc(F)c(F)c1)NC(=O)O. The first-order valence-corrected chi connectivity index (χ1v) is 9.10. The minimum Gasteiger partial charge on any atom is -0.465 e. The molecule has 2 heterocycles. The van der Waals surface area contributed by atoms with Gasteiger partial charge in [0.05, 0.1) is 5.69 Å². The van der Waals surface area contributed by atoms with Gasteiger partial charge in [0.15, 0.2) is 11.6 Å². The fourth-order valence-electron chi connectivity index (χ4n) is 2.90. The Kier molecular flexibility index (Phi) is 6.35. The first kappa shape index (κ1) is 20.9. The number of nitrogens with one attached hydrogen (secondary N) is 2. The summed E-state index contributed by atoms with van der Waals surface area (Å²) in [5, 5.41) is 18.3. The number of halogens is 2. The Bertz CT molecular complexity index is 1060. The van der Waals surface area contributed by atoms with E-state index >= 15 is 0 Å². The number of aryl methyl sites for hydroxylation is 1. The molecule has 0 aliphatic carbocycles. The van der Waals surface area contributed by atoms with Crippen molar-refractivity contribution in [1.29, 1.82) is 0 Å². The molecule has 0 aliphatic heterocycles. The van der Waals surface area contributed by atoms with Crippen LogP contribution < -0.4 is 10.6 Å². The fourth-order valence-corrected chi connectivity index (χ4v) is 2.90. The third-order valence-electron chi connectivity index (χ3n) is 4.34. The highest BCUT2D eigenvalue weighted by Gasteiger charge is 2.23. The zero-order valence-corrected chi connectivity index (χ0v) is 16.0. The van der Waals surface area contributed by atoms with Crippen molar-refractivity contribution in [2.75, 3.05) is 5.32 Å². The number of carbonyl (C=O) groups is 2. The standard InChI is InChI=1S/C20H19F2N5O3/c1-2-27-18(11-16(26-27)13-5-7-23-8-6-13)25-19(28)17(24-20(29)30)10-12-3-4-14(21)15(22)9-12/h3-9,11,17,24H,2,10H2,1H3,(H,25,28)(H,29,30)/t17-/m0/s1. The molecule has 0 unspecified atom stereocenters. The van der Waals surface area contributed by atoms with Crippen LogP contribution >= 0.6 is 0 Å². The number of rotatable bonds is 7. The molecule has 0 bridgehead atoms. The Labute approximate surface area is 170 Å². The van der Waals surface area contributed by atoms with E-state index in [4.69, 9.17) is 5.11 Å². The molecule has 0 aliphatic rings. The van der Waals surface area contributed by atoms with Crippen LogP contribution in [0.5, 0.6) is 0 Å². The molecular weight excluding hydrogens is 396 g/mol. The summed E-state index contributed by atoms with van der Waals surface area (Å²) in [5.41, 5.74) is 1.68. The molecule has 2 amide bonds. The van der Waals surface area contributed by atoms with Crippen LogP contribution in [0.3, 0.4) is 0 Å². The number of amides is 2.